The zero-order chi connectivity index (χ0) is 14.4. The molecule has 2 rings (SSSR count). The molecular weight excluding hydrogens is 254 g/mol. The van der Waals surface area contributed by atoms with Gasteiger partial charge in [0.05, 0.1) is 11.9 Å². The third kappa shape index (κ3) is 4.09. The van der Waals surface area contributed by atoms with E-state index in [2.05, 4.69) is 26.2 Å². The highest BCUT2D eigenvalue weighted by Gasteiger charge is 2.05. The largest absolute Gasteiger partial charge is 0.382 e. The van der Waals surface area contributed by atoms with Crippen LogP contribution in [0.1, 0.15) is 24.6 Å². The van der Waals surface area contributed by atoms with Crippen LogP contribution in [0.2, 0.25) is 0 Å². The smallest absolute Gasteiger partial charge is 0.203 e. The number of hydrogen-bond acceptors (Lipinski definition) is 4. The summed E-state index contributed by atoms with van der Waals surface area (Å²) in [4.78, 5) is 4.52. The average molecular weight is 277 g/mol. The van der Waals surface area contributed by atoms with Crippen LogP contribution in [0.4, 0.5) is 5.95 Å². The minimum atomic E-state index is 0.732. The fourth-order valence-electron chi connectivity index (χ4n) is 2.08. The summed E-state index contributed by atoms with van der Waals surface area (Å²) in [5.74, 6) is 0.905. The molecule has 0 fully saturated rings. The van der Waals surface area contributed by atoms with E-state index in [0.29, 0.717) is 0 Å². The minimum Gasteiger partial charge on any atom is -0.382 e. The maximum Gasteiger partial charge on any atom is 0.203 e. The van der Waals surface area contributed by atoms with Crippen LogP contribution in [0.3, 0.4) is 0 Å². The Hall–Kier alpha value is -1.82. The number of aromatic nitrogens is 4. The van der Waals surface area contributed by atoms with E-state index in [-0.39, 0.29) is 0 Å². The van der Waals surface area contributed by atoms with Crippen molar-refractivity contribution in [3.05, 3.63) is 29.8 Å². The summed E-state index contributed by atoms with van der Waals surface area (Å²) in [6.07, 6.45) is 6.92. The van der Waals surface area contributed by atoms with Crippen LogP contribution in [-0.2, 0) is 24.9 Å². The number of aryl methyl sites for hydroxylation is 3. The van der Waals surface area contributed by atoms with Crippen molar-refractivity contribution in [2.45, 2.75) is 33.4 Å². The molecule has 2 heterocycles. The Morgan fingerprint density at radius 3 is 2.90 bits per heavy atom. The van der Waals surface area contributed by atoms with Crippen molar-refractivity contribution in [1.82, 2.24) is 19.3 Å². The molecule has 6 nitrogen and oxygen atoms in total. The fraction of sp³-hybridized carbons (Fsp3) is 0.571. The molecule has 0 radical (unpaired) electrons. The van der Waals surface area contributed by atoms with E-state index in [0.717, 1.165) is 49.9 Å². The third-order valence-electron chi connectivity index (χ3n) is 3.00. The maximum atomic E-state index is 5.37. The molecular formula is C14H23N5O. The number of rotatable bonds is 8. The lowest BCUT2D eigenvalue weighted by molar-refractivity contribution is 0.142. The summed E-state index contributed by atoms with van der Waals surface area (Å²) in [7, 11) is 1.92. The quantitative estimate of drug-likeness (QED) is 0.749. The van der Waals surface area contributed by atoms with Crippen molar-refractivity contribution < 1.29 is 4.74 Å². The summed E-state index contributed by atoms with van der Waals surface area (Å²) < 4.78 is 9.31. The highest BCUT2D eigenvalue weighted by Crippen LogP contribution is 2.11. The Morgan fingerprint density at radius 1 is 1.35 bits per heavy atom. The van der Waals surface area contributed by atoms with Crippen molar-refractivity contribution in [1.29, 1.82) is 0 Å². The number of ether oxygens (including phenoxy) is 1. The summed E-state index contributed by atoms with van der Waals surface area (Å²) in [6.45, 7) is 7.23. The van der Waals surface area contributed by atoms with Gasteiger partial charge in [-0.05, 0) is 20.3 Å². The summed E-state index contributed by atoms with van der Waals surface area (Å²) in [5.41, 5.74) is 2.17. The van der Waals surface area contributed by atoms with Gasteiger partial charge in [0.1, 0.15) is 0 Å². The maximum absolute atomic E-state index is 5.37. The van der Waals surface area contributed by atoms with Crippen LogP contribution in [0.15, 0.2) is 18.6 Å². The van der Waals surface area contributed by atoms with Crippen molar-refractivity contribution in [3.8, 4) is 0 Å². The third-order valence-corrected chi connectivity index (χ3v) is 3.00. The molecule has 1 N–H and O–H groups in total. The lowest BCUT2D eigenvalue weighted by Crippen LogP contribution is -2.08. The standard InChI is InChI=1S/C14H23N5O/c1-4-20-7-5-6-19-10-12(2)17-14(19)15-8-13-9-16-18(3)11-13/h9-11H,4-8H2,1-3H3,(H,15,17). The fourth-order valence-corrected chi connectivity index (χ4v) is 2.08. The van der Waals surface area contributed by atoms with Gasteiger partial charge in [0, 0.05) is 51.3 Å². The van der Waals surface area contributed by atoms with Crippen LogP contribution < -0.4 is 5.32 Å². The first-order valence-corrected chi connectivity index (χ1v) is 7.02. The van der Waals surface area contributed by atoms with E-state index in [4.69, 9.17) is 4.74 Å². The number of anilines is 1. The van der Waals surface area contributed by atoms with Gasteiger partial charge < -0.3 is 14.6 Å². The van der Waals surface area contributed by atoms with E-state index < -0.39 is 0 Å². The number of nitrogens with zero attached hydrogens (tertiary/aromatic N) is 4. The van der Waals surface area contributed by atoms with E-state index in [1.807, 2.05) is 33.3 Å². The number of imidazole rings is 1. The van der Waals surface area contributed by atoms with E-state index in [9.17, 15) is 0 Å². The van der Waals surface area contributed by atoms with E-state index >= 15 is 0 Å². The molecule has 6 heteroatoms. The Labute approximate surface area is 119 Å². The molecule has 0 amide bonds. The molecule has 2 aromatic heterocycles. The second-order valence-electron chi connectivity index (χ2n) is 4.83. The van der Waals surface area contributed by atoms with Gasteiger partial charge in [-0.2, -0.15) is 5.10 Å². The monoisotopic (exact) mass is 277 g/mol. The van der Waals surface area contributed by atoms with Crippen LogP contribution in [-0.4, -0.2) is 32.5 Å². The topological polar surface area (TPSA) is 56.9 Å². The van der Waals surface area contributed by atoms with Crippen LogP contribution >= 0.6 is 0 Å². The van der Waals surface area contributed by atoms with Crippen molar-refractivity contribution in [2.24, 2.45) is 7.05 Å². The van der Waals surface area contributed by atoms with Gasteiger partial charge in [0.15, 0.2) is 0 Å². The molecule has 0 spiro atoms. The summed E-state index contributed by atoms with van der Waals surface area (Å²) >= 11 is 0. The minimum absolute atomic E-state index is 0.732. The molecule has 0 atom stereocenters. The molecule has 0 aliphatic rings. The van der Waals surface area contributed by atoms with Crippen LogP contribution in [0.5, 0.6) is 0 Å². The molecule has 0 aliphatic heterocycles. The van der Waals surface area contributed by atoms with Crippen molar-refractivity contribution >= 4 is 5.95 Å². The highest BCUT2D eigenvalue weighted by atomic mass is 16.5. The average Bonchev–Trinajstić information content (AvgIpc) is 2.98. The van der Waals surface area contributed by atoms with Crippen molar-refractivity contribution in [2.75, 3.05) is 18.5 Å². The Balaban J connectivity index is 1.89. The SMILES string of the molecule is CCOCCCn1cc(C)nc1NCc1cnn(C)c1. The first-order valence-electron chi connectivity index (χ1n) is 7.02. The van der Waals surface area contributed by atoms with Crippen LogP contribution in [0, 0.1) is 6.92 Å². The Bertz CT molecular complexity index is 531. The lowest BCUT2D eigenvalue weighted by atomic mass is 10.4. The lowest BCUT2D eigenvalue weighted by Gasteiger charge is -2.09. The molecule has 2 aromatic rings. The number of hydrogen-bond donors (Lipinski definition) is 1. The van der Waals surface area contributed by atoms with Gasteiger partial charge in [-0.15, -0.1) is 0 Å². The molecule has 110 valence electrons. The van der Waals surface area contributed by atoms with Gasteiger partial charge >= 0.3 is 0 Å². The van der Waals surface area contributed by atoms with Gasteiger partial charge in [0.25, 0.3) is 0 Å². The van der Waals surface area contributed by atoms with E-state index in [1.165, 1.54) is 0 Å². The van der Waals surface area contributed by atoms with Gasteiger partial charge in [-0.1, -0.05) is 0 Å². The molecule has 0 bridgehead atoms. The van der Waals surface area contributed by atoms with Crippen LogP contribution in [0.25, 0.3) is 0 Å². The zero-order valence-corrected chi connectivity index (χ0v) is 12.5. The zero-order valence-electron chi connectivity index (χ0n) is 12.5. The Morgan fingerprint density at radius 2 is 2.20 bits per heavy atom. The van der Waals surface area contributed by atoms with E-state index in [1.54, 1.807) is 4.68 Å². The summed E-state index contributed by atoms with van der Waals surface area (Å²) in [5, 5.41) is 7.52. The molecule has 0 unspecified atom stereocenters. The number of nitrogens with one attached hydrogen (secondary N) is 1. The Kier molecular flexibility index (Phi) is 5.17. The molecule has 0 saturated carbocycles. The second-order valence-corrected chi connectivity index (χ2v) is 4.83. The highest BCUT2D eigenvalue weighted by molar-refractivity contribution is 5.30. The summed E-state index contributed by atoms with van der Waals surface area (Å²) in [6, 6.07) is 0. The first-order chi connectivity index (χ1) is 9.69. The first kappa shape index (κ1) is 14.6. The molecule has 0 aromatic carbocycles. The van der Waals surface area contributed by atoms with Crippen molar-refractivity contribution in [3.63, 3.8) is 0 Å². The van der Waals surface area contributed by atoms with Gasteiger partial charge in [0.2, 0.25) is 5.95 Å². The predicted molar refractivity (Wildman–Crippen MR) is 78.6 cm³/mol. The molecule has 0 saturated heterocycles. The van der Waals surface area contributed by atoms with Gasteiger partial charge in [-0.25, -0.2) is 4.98 Å². The molecule has 20 heavy (non-hydrogen) atoms. The predicted octanol–water partition coefficient (Wildman–Crippen LogP) is 1.96. The molecule has 0 aliphatic carbocycles. The van der Waals surface area contributed by atoms with Gasteiger partial charge in [-0.3, -0.25) is 4.68 Å². The normalized spacial score (nSPS) is 10.9. The second kappa shape index (κ2) is 7.09.